The van der Waals surface area contributed by atoms with Gasteiger partial charge in [0.2, 0.25) is 10.0 Å². The van der Waals surface area contributed by atoms with Crippen LogP contribution in [0.4, 0.5) is 0 Å². The lowest BCUT2D eigenvalue weighted by Gasteiger charge is -2.36. The molecule has 24 heavy (non-hydrogen) atoms. The van der Waals surface area contributed by atoms with E-state index in [0.29, 0.717) is 24.0 Å². The first-order valence-electron chi connectivity index (χ1n) is 8.38. The van der Waals surface area contributed by atoms with E-state index in [4.69, 9.17) is 0 Å². The average Bonchev–Trinajstić information content (AvgIpc) is 2.62. The zero-order valence-electron chi connectivity index (χ0n) is 14.2. The Morgan fingerprint density at radius 2 is 1.33 bits per heavy atom. The van der Waals surface area contributed by atoms with E-state index in [-0.39, 0.29) is 0 Å². The Labute approximate surface area is 144 Å². The number of nitrogens with zero attached hydrogens (tertiary/aromatic N) is 2. The van der Waals surface area contributed by atoms with Gasteiger partial charge in [-0.2, -0.15) is 4.31 Å². The smallest absolute Gasteiger partial charge is 0.243 e. The second-order valence-electron chi connectivity index (χ2n) is 6.42. The summed E-state index contributed by atoms with van der Waals surface area (Å²) in [5.74, 6) is 0. The van der Waals surface area contributed by atoms with E-state index >= 15 is 0 Å². The van der Waals surface area contributed by atoms with E-state index < -0.39 is 10.0 Å². The van der Waals surface area contributed by atoms with Gasteiger partial charge < -0.3 is 0 Å². The number of rotatable bonds is 4. The highest BCUT2D eigenvalue weighted by Crippen LogP contribution is 2.23. The quantitative estimate of drug-likeness (QED) is 0.856. The molecule has 2 aromatic rings. The van der Waals surface area contributed by atoms with Gasteiger partial charge in [-0.1, -0.05) is 42.5 Å². The highest BCUT2D eigenvalue weighted by atomic mass is 32.2. The van der Waals surface area contributed by atoms with Gasteiger partial charge in [0.15, 0.2) is 0 Å². The van der Waals surface area contributed by atoms with Crippen LogP contribution in [0.5, 0.6) is 0 Å². The topological polar surface area (TPSA) is 40.6 Å². The lowest BCUT2D eigenvalue weighted by molar-refractivity contribution is 0.154. The second kappa shape index (κ2) is 7.05. The predicted octanol–water partition coefficient (Wildman–Crippen LogP) is 3.07. The second-order valence-corrected chi connectivity index (χ2v) is 8.36. The van der Waals surface area contributed by atoms with Crippen LogP contribution in [-0.4, -0.2) is 49.8 Å². The molecular formula is C19H24N2O2S. The van der Waals surface area contributed by atoms with Crippen LogP contribution in [0.3, 0.4) is 0 Å². The standard InChI is InChI=1S/C19H24N2O2S/c1-16(2)20-12-14-21(15-13-20)24(22,23)19-10-8-18(9-11-19)17-6-4-3-5-7-17/h3-11,16H,12-15H2,1-2H3. The highest BCUT2D eigenvalue weighted by molar-refractivity contribution is 7.89. The molecule has 2 aromatic carbocycles. The number of benzene rings is 2. The number of hydrogen-bond donors (Lipinski definition) is 0. The maximum absolute atomic E-state index is 12.8. The maximum Gasteiger partial charge on any atom is 0.243 e. The molecule has 0 aliphatic carbocycles. The normalized spacial score (nSPS) is 17.3. The molecule has 1 fully saturated rings. The zero-order chi connectivity index (χ0) is 17.2. The zero-order valence-corrected chi connectivity index (χ0v) is 15.0. The van der Waals surface area contributed by atoms with Crippen LogP contribution >= 0.6 is 0 Å². The average molecular weight is 344 g/mol. The fourth-order valence-electron chi connectivity index (χ4n) is 3.06. The summed E-state index contributed by atoms with van der Waals surface area (Å²) in [6.07, 6.45) is 0. The minimum Gasteiger partial charge on any atom is -0.298 e. The molecule has 5 heteroatoms. The minimum absolute atomic E-state index is 0.375. The molecule has 128 valence electrons. The number of piperazine rings is 1. The Morgan fingerprint density at radius 3 is 1.88 bits per heavy atom. The molecule has 0 aromatic heterocycles. The van der Waals surface area contributed by atoms with Gasteiger partial charge in [0.25, 0.3) is 0 Å². The Morgan fingerprint density at radius 1 is 0.792 bits per heavy atom. The Bertz CT molecular complexity index is 763. The molecule has 1 saturated heterocycles. The molecule has 0 amide bonds. The van der Waals surface area contributed by atoms with Crippen molar-refractivity contribution in [2.45, 2.75) is 24.8 Å². The van der Waals surface area contributed by atoms with E-state index in [0.717, 1.165) is 24.2 Å². The van der Waals surface area contributed by atoms with E-state index in [9.17, 15) is 8.42 Å². The molecule has 4 nitrogen and oxygen atoms in total. The van der Waals surface area contributed by atoms with Crippen LogP contribution < -0.4 is 0 Å². The van der Waals surface area contributed by atoms with Crippen molar-refractivity contribution in [3.63, 3.8) is 0 Å². The molecule has 0 N–H and O–H groups in total. The van der Waals surface area contributed by atoms with Gasteiger partial charge in [-0.15, -0.1) is 0 Å². The third-order valence-electron chi connectivity index (χ3n) is 4.60. The minimum atomic E-state index is -3.40. The fraction of sp³-hybridized carbons (Fsp3) is 0.368. The van der Waals surface area contributed by atoms with Gasteiger partial charge in [-0.05, 0) is 37.1 Å². The summed E-state index contributed by atoms with van der Waals surface area (Å²) in [6, 6.07) is 17.6. The van der Waals surface area contributed by atoms with Gasteiger partial charge in [-0.3, -0.25) is 4.90 Å². The summed E-state index contributed by atoms with van der Waals surface area (Å²) in [6.45, 7) is 6.98. The van der Waals surface area contributed by atoms with Crippen LogP contribution in [0, 0.1) is 0 Å². The van der Waals surface area contributed by atoms with Gasteiger partial charge in [0.1, 0.15) is 0 Å². The van der Waals surface area contributed by atoms with E-state index in [1.807, 2.05) is 42.5 Å². The van der Waals surface area contributed by atoms with Crippen LogP contribution in [0.25, 0.3) is 11.1 Å². The Kier molecular flexibility index (Phi) is 5.04. The fourth-order valence-corrected chi connectivity index (χ4v) is 4.48. The molecule has 1 aliphatic heterocycles. The van der Waals surface area contributed by atoms with Crippen molar-refractivity contribution in [3.05, 3.63) is 54.6 Å². The van der Waals surface area contributed by atoms with Crippen LogP contribution in [-0.2, 0) is 10.0 Å². The first-order chi connectivity index (χ1) is 11.5. The van der Waals surface area contributed by atoms with Crippen molar-refractivity contribution in [1.29, 1.82) is 0 Å². The molecule has 0 unspecified atom stereocenters. The summed E-state index contributed by atoms with van der Waals surface area (Å²) in [7, 11) is -3.40. The van der Waals surface area contributed by atoms with Gasteiger partial charge in [0, 0.05) is 32.2 Å². The van der Waals surface area contributed by atoms with Crippen molar-refractivity contribution in [3.8, 4) is 11.1 Å². The molecule has 3 rings (SSSR count). The Balaban J connectivity index is 1.76. The summed E-state index contributed by atoms with van der Waals surface area (Å²) in [5, 5.41) is 0. The molecule has 0 bridgehead atoms. The van der Waals surface area contributed by atoms with Crippen molar-refractivity contribution < 1.29 is 8.42 Å². The lowest BCUT2D eigenvalue weighted by atomic mass is 10.1. The summed E-state index contributed by atoms with van der Waals surface area (Å²) >= 11 is 0. The van der Waals surface area contributed by atoms with Crippen molar-refractivity contribution >= 4 is 10.0 Å². The summed E-state index contributed by atoms with van der Waals surface area (Å²) in [5.41, 5.74) is 2.12. The molecule has 0 spiro atoms. The SMILES string of the molecule is CC(C)N1CCN(S(=O)(=O)c2ccc(-c3ccccc3)cc2)CC1. The third-order valence-corrected chi connectivity index (χ3v) is 6.52. The first-order valence-corrected chi connectivity index (χ1v) is 9.82. The largest absolute Gasteiger partial charge is 0.298 e. The molecule has 0 atom stereocenters. The number of hydrogen-bond acceptors (Lipinski definition) is 3. The van der Waals surface area contributed by atoms with Gasteiger partial charge in [-0.25, -0.2) is 8.42 Å². The lowest BCUT2D eigenvalue weighted by Crippen LogP contribution is -2.50. The van der Waals surface area contributed by atoms with Crippen molar-refractivity contribution in [2.24, 2.45) is 0 Å². The molecule has 1 aliphatic rings. The third kappa shape index (κ3) is 3.53. The van der Waals surface area contributed by atoms with Crippen molar-refractivity contribution in [1.82, 2.24) is 9.21 Å². The summed E-state index contributed by atoms with van der Waals surface area (Å²) < 4.78 is 27.2. The Hall–Kier alpha value is -1.69. The van der Waals surface area contributed by atoms with E-state index in [1.54, 1.807) is 16.4 Å². The predicted molar refractivity (Wildman–Crippen MR) is 97.3 cm³/mol. The van der Waals surface area contributed by atoms with Gasteiger partial charge >= 0.3 is 0 Å². The highest BCUT2D eigenvalue weighted by Gasteiger charge is 2.29. The van der Waals surface area contributed by atoms with E-state index in [1.165, 1.54) is 0 Å². The van der Waals surface area contributed by atoms with E-state index in [2.05, 4.69) is 18.7 Å². The molecule has 1 heterocycles. The van der Waals surface area contributed by atoms with Crippen LogP contribution in [0.2, 0.25) is 0 Å². The monoisotopic (exact) mass is 344 g/mol. The maximum atomic E-state index is 12.8. The van der Waals surface area contributed by atoms with Gasteiger partial charge in [0.05, 0.1) is 4.90 Å². The molecule has 0 saturated carbocycles. The van der Waals surface area contributed by atoms with Crippen LogP contribution in [0.1, 0.15) is 13.8 Å². The summed E-state index contributed by atoms with van der Waals surface area (Å²) in [4.78, 5) is 2.69. The number of sulfonamides is 1. The first kappa shape index (κ1) is 17.1. The molecular weight excluding hydrogens is 320 g/mol. The van der Waals surface area contributed by atoms with Crippen LogP contribution in [0.15, 0.2) is 59.5 Å². The molecule has 0 radical (unpaired) electrons. The van der Waals surface area contributed by atoms with Crippen molar-refractivity contribution in [2.75, 3.05) is 26.2 Å².